The summed E-state index contributed by atoms with van der Waals surface area (Å²) in [4.78, 5) is 71.4. The molecule has 1 fully saturated rings. The zero-order valence-electron chi connectivity index (χ0n) is 34.2. The molecule has 318 valence electrons. The highest BCUT2D eigenvalue weighted by molar-refractivity contribution is 5.95. The Bertz CT molecular complexity index is 2790. The lowest BCUT2D eigenvalue weighted by Crippen LogP contribution is -2.56. The fraction of sp³-hybridized carbons (Fsp3) is 0.362. The number of alkyl carbamates (subject to hydrolysis) is 1. The summed E-state index contributed by atoms with van der Waals surface area (Å²) in [6, 6.07) is 18.4. The molecule has 0 bridgehead atoms. The van der Waals surface area contributed by atoms with Gasteiger partial charge in [-0.1, -0.05) is 55.5 Å². The van der Waals surface area contributed by atoms with Crippen LogP contribution in [0.3, 0.4) is 0 Å². The Hall–Kier alpha value is -6.45. The van der Waals surface area contributed by atoms with Crippen LogP contribution in [0.2, 0.25) is 0 Å². The van der Waals surface area contributed by atoms with Crippen LogP contribution in [0.1, 0.15) is 95.5 Å². The number of carbonyl (C=O) groups is 4. The maximum absolute atomic E-state index is 15.4. The zero-order chi connectivity index (χ0) is 43.1. The van der Waals surface area contributed by atoms with Crippen molar-refractivity contribution in [3.8, 4) is 22.5 Å². The Balaban J connectivity index is 0.828. The number of hydrogen-bond donors (Lipinski definition) is 4. The largest absolute Gasteiger partial charge is 0.458 e. The van der Waals surface area contributed by atoms with Gasteiger partial charge in [0.25, 0.3) is 11.5 Å². The summed E-state index contributed by atoms with van der Waals surface area (Å²) in [7, 11) is 0. The summed E-state index contributed by atoms with van der Waals surface area (Å²) in [6.45, 7) is 2.64. The summed E-state index contributed by atoms with van der Waals surface area (Å²) in [6.07, 6.45) is 1.70. The summed E-state index contributed by atoms with van der Waals surface area (Å²) in [5.74, 6) is -2.28. The van der Waals surface area contributed by atoms with Crippen molar-refractivity contribution in [3.63, 3.8) is 0 Å². The number of aromatic nitrogens is 2. The van der Waals surface area contributed by atoms with E-state index in [1.807, 2.05) is 48.5 Å². The van der Waals surface area contributed by atoms with Crippen molar-refractivity contribution in [1.82, 2.24) is 25.5 Å². The van der Waals surface area contributed by atoms with Crippen molar-refractivity contribution in [3.05, 3.63) is 121 Å². The van der Waals surface area contributed by atoms with Gasteiger partial charge in [0.1, 0.15) is 37.9 Å². The van der Waals surface area contributed by atoms with Crippen molar-refractivity contribution >= 4 is 34.8 Å². The maximum atomic E-state index is 15.4. The number of halogens is 1. The van der Waals surface area contributed by atoms with Gasteiger partial charge in [-0.3, -0.25) is 14.4 Å². The molecule has 10 rings (SSSR count). The van der Waals surface area contributed by atoms with E-state index >= 15 is 4.39 Å². The Labute approximate surface area is 354 Å². The van der Waals surface area contributed by atoms with Crippen LogP contribution in [0.4, 0.5) is 9.18 Å². The number of aliphatic hydroxyl groups is 1. The first-order valence-electron chi connectivity index (χ1n) is 21.0. The number of nitrogens with one attached hydrogen (secondary N) is 3. The number of nitrogens with zero attached hydrogens (tertiary/aromatic N) is 2. The number of rotatable bonds is 10. The van der Waals surface area contributed by atoms with Crippen LogP contribution in [-0.2, 0) is 53.8 Å². The quantitative estimate of drug-likeness (QED) is 0.106. The third-order valence-corrected chi connectivity index (χ3v) is 13.6. The predicted octanol–water partition coefficient (Wildman–Crippen LogP) is 5.18. The Kier molecular flexibility index (Phi) is 9.52. The molecule has 3 aromatic carbocycles. The van der Waals surface area contributed by atoms with Crippen LogP contribution in [0.5, 0.6) is 0 Å². The normalized spacial score (nSPS) is 19.9. The molecule has 0 spiro atoms. The number of benzene rings is 3. The van der Waals surface area contributed by atoms with Gasteiger partial charge in [0, 0.05) is 28.5 Å². The van der Waals surface area contributed by atoms with E-state index in [0.717, 1.165) is 39.8 Å². The fourth-order valence-electron chi connectivity index (χ4n) is 10.0. The Morgan fingerprint density at radius 2 is 1.73 bits per heavy atom. The first-order valence-corrected chi connectivity index (χ1v) is 21.0. The van der Waals surface area contributed by atoms with Crippen LogP contribution in [0, 0.1) is 12.7 Å². The SMILES string of the molecule is CC[C@@]1(O)C(=O)OCc2c1cc1n(c2=O)Cc2c-1nc1cc(F)c(C)c3c1c2[C@@H](NC(=O)C1(OCNC(=O)CNC(=O)OCC2c4ccccc4-c4ccccc42)CCC1)CC3. The van der Waals surface area contributed by atoms with Gasteiger partial charge in [-0.2, -0.15) is 0 Å². The predicted molar refractivity (Wildman–Crippen MR) is 222 cm³/mol. The molecule has 4 N–H and O–H groups in total. The molecule has 14 nitrogen and oxygen atoms in total. The lowest BCUT2D eigenvalue weighted by molar-refractivity contribution is -0.172. The maximum Gasteiger partial charge on any atom is 0.407 e. The number of ether oxygens (including phenoxy) is 3. The van der Waals surface area contributed by atoms with Crippen molar-refractivity contribution in [2.45, 2.75) is 88.7 Å². The van der Waals surface area contributed by atoms with Gasteiger partial charge in [-0.25, -0.2) is 19.0 Å². The summed E-state index contributed by atoms with van der Waals surface area (Å²) in [5, 5.41) is 20.4. The minimum Gasteiger partial charge on any atom is -0.458 e. The van der Waals surface area contributed by atoms with Gasteiger partial charge < -0.3 is 39.8 Å². The minimum atomic E-state index is -2.02. The number of cyclic esters (lactones) is 1. The molecule has 0 saturated heterocycles. The third kappa shape index (κ3) is 6.11. The fourth-order valence-corrected chi connectivity index (χ4v) is 10.0. The van der Waals surface area contributed by atoms with Crippen molar-refractivity contribution in [1.29, 1.82) is 0 Å². The molecule has 3 aliphatic carbocycles. The molecule has 0 unspecified atom stereocenters. The molecule has 2 aromatic heterocycles. The van der Waals surface area contributed by atoms with Crippen molar-refractivity contribution in [2.75, 3.05) is 19.9 Å². The molecule has 1 saturated carbocycles. The smallest absolute Gasteiger partial charge is 0.407 e. The number of aryl methyl sites for hydroxylation is 1. The molecular formula is C47H44FN5O9. The average Bonchev–Trinajstić information content (AvgIpc) is 3.79. The number of pyridine rings is 2. The van der Waals surface area contributed by atoms with Crippen LogP contribution >= 0.6 is 0 Å². The summed E-state index contributed by atoms with van der Waals surface area (Å²) in [5.41, 5.74) is 4.86. The highest BCUT2D eigenvalue weighted by Gasteiger charge is 2.48. The van der Waals surface area contributed by atoms with Gasteiger partial charge in [-0.05, 0) is 90.5 Å². The number of amides is 3. The van der Waals surface area contributed by atoms with E-state index in [-0.39, 0.29) is 62.4 Å². The lowest BCUT2D eigenvalue weighted by Gasteiger charge is -2.41. The van der Waals surface area contributed by atoms with E-state index < -0.39 is 46.6 Å². The molecule has 2 aliphatic heterocycles. The van der Waals surface area contributed by atoms with Crippen LogP contribution < -0.4 is 21.5 Å². The van der Waals surface area contributed by atoms with E-state index in [1.165, 1.54) is 10.6 Å². The number of carbonyl (C=O) groups excluding carboxylic acids is 4. The molecule has 4 heterocycles. The number of fused-ring (bicyclic) bond motifs is 8. The third-order valence-electron chi connectivity index (χ3n) is 13.6. The van der Waals surface area contributed by atoms with E-state index in [2.05, 4.69) is 16.0 Å². The molecule has 15 heteroatoms. The molecule has 2 atom stereocenters. The molecule has 62 heavy (non-hydrogen) atoms. The number of hydrogen-bond acceptors (Lipinski definition) is 10. The zero-order valence-corrected chi connectivity index (χ0v) is 34.2. The second kappa shape index (κ2) is 14.9. The van der Waals surface area contributed by atoms with Crippen molar-refractivity contribution < 1.29 is 42.9 Å². The van der Waals surface area contributed by atoms with Gasteiger partial charge >= 0.3 is 12.1 Å². The van der Waals surface area contributed by atoms with Crippen molar-refractivity contribution in [2.24, 2.45) is 0 Å². The van der Waals surface area contributed by atoms with Crippen LogP contribution in [0.15, 0.2) is 65.5 Å². The average molecular weight is 842 g/mol. The highest BCUT2D eigenvalue weighted by Crippen LogP contribution is 2.47. The second-order valence-electron chi connectivity index (χ2n) is 16.8. The van der Waals surface area contributed by atoms with E-state index in [1.54, 1.807) is 19.9 Å². The topological polar surface area (TPSA) is 187 Å². The van der Waals surface area contributed by atoms with Gasteiger partial charge in [0.05, 0.1) is 35.1 Å². The molecule has 3 amide bonds. The lowest BCUT2D eigenvalue weighted by atomic mass is 9.77. The van der Waals surface area contributed by atoms with E-state index in [9.17, 15) is 29.1 Å². The Morgan fingerprint density at radius 3 is 2.42 bits per heavy atom. The van der Waals surface area contributed by atoms with Crippen LogP contribution in [-0.4, -0.2) is 64.0 Å². The van der Waals surface area contributed by atoms with E-state index in [4.69, 9.17) is 19.2 Å². The standard InChI is InChI=1S/C47H44FN5O9/c1-3-47(59)33-17-37-41-30(20-53(37)42(55)32(33)22-60-44(47)57)40-35(14-13-25-24(2)34(48)18-36(51-41)39(25)40)52-43(56)46(15-8-16-46)62-23-50-38(54)19-49-45(58)61-21-31-28-11-6-4-9-26(28)27-10-5-7-12-29(27)31/h4-7,9-12,17-18,31,35,59H,3,8,13-16,19-23H2,1-2H3,(H,49,58)(H,50,54)(H,52,56)/t35-,47-/m0/s1. The summed E-state index contributed by atoms with van der Waals surface area (Å²) >= 11 is 0. The second-order valence-corrected chi connectivity index (χ2v) is 16.8. The summed E-state index contributed by atoms with van der Waals surface area (Å²) < 4.78 is 33.8. The molecule has 0 radical (unpaired) electrons. The number of esters is 1. The van der Waals surface area contributed by atoms with Gasteiger partial charge in [-0.15, -0.1) is 0 Å². The first-order chi connectivity index (χ1) is 29.9. The molecular weight excluding hydrogens is 798 g/mol. The highest BCUT2D eigenvalue weighted by atomic mass is 19.1. The monoisotopic (exact) mass is 841 g/mol. The minimum absolute atomic E-state index is 0.0153. The first kappa shape index (κ1) is 39.7. The molecule has 5 aliphatic rings. The van der Waals surface area contributed by atoms with Gasteiger partial charge in [0.15, 0.2) is 5.60 Å². The Morgan fingerprint density at radius 1 is 1.00 bits per heavy atom. The molecule has 5 aromatic rings. The van der Waals surface area contributed by atoms with Gasteiger partial charge in [0.2, 0.25) is 5.91 Å². The van der Waals surface area contributed by atoms with Crippen LogP contribution in [0.25, 0.3) is 33.4 Å². The van der Waals surface area contributed by atoms with E-state index in [0.29, 0.717) is 59.1 Å².